The molecule has 0 radical (unpaired) electrons. The topological polar surface area (TPSA) is 79.2 Å². The van der Waals surface area contributed by atoms with E-state index in [0.717, 1.165) is 16.9 Å². The third kappa shape index (κ3) is 4.29. The number of nitrogens with zero attached hydrogens (tertiary/aromatic N) is 1. The van der Waals surface area contributed by atoms with Gasteiger partial charge in [-0.25, -0.2) is 13.1 Å². The number of rotatable bonds is 6. The summed E-state index contributed by atoms with van der Waals surface area (Å²) in [5.41, 5.74) is 1.08. The molecule has 0 fully saturated rings. The fraction of sp³-hybridized carbons (Fsp3) is 0.214. The lowest BCUT2D eigenvalue weighted by molar-refractivity contribution is 0.322. The molecular weight excluding hydrogens is 308 g/mol. The monoisotopic (exact) mass is 322 g/mol. The van der Waals surface area contributed by atoms with Crippen LogP contribution in [0.3, 0.4) is 0 Å². The first-order valence-electron chi connectivity index (χ1n) is 6.20. The van der Waals surface area contributed by atoms with Gasteiger partial charge < -0.3 is 4.74 Å². The van der Waals surface area contributed by atoms with Gasteiger partial charge in [-0.2, -0.15) is 5.26 Å². The highest BCUT2D eigenvalue weighted by molar-refractivity contribution is 7.91. The molecule has 0 spiro atoms. The maximum atomic E-state index is 12.0. The molecule has 0 bridgehead atoms. The Morgan fingerprint density at radius 3 is 2.81 bits per heavy atom. The molecule has 7 heteroatoms. The summed E-state index contributed by atoms with van der Waals surface area (Å²) in [6, 6.07) is 12.4. The van der Waals surface area contributed by atoms with Crippen LogP contribution in [0, 0.1) is 18.3 Å². The summed E-state index contributed by atoms with van der Waals surface area (Å²) in [7, 11) is -3.57. The van der Waals surface area contributed by atoms with Crippen molar-refractivity contribution < 1.29 is 13.2 Å². The van der Waals surface area contributed by atoms with E-state index < -0.39 is 10.0 Å². The van der Waals surface area contributed by atoms with Crippen molar-refractivity contribution in [2.45, 2.75) is 11.1 Å². The number of aryl methyl sites for hydroxylation is 1. The van der Waals surface area contributed by atoms with Gasteiger partial charge in [-0.15, -0.1) is 11.3 Å². The molecule has 0 saturated carbocycles. The van der Waals surface area contributed by atoms with Crippen molar-refractivity contribution in [3.8, 4) is 11.8 Å². The van der Waals surface area contributed by atoms with Gasteiger partial charge >= 0.3 is 0 Å². The highest BCUT2D eigenvalue weighted by Crippen LogP contribution is 2.20. The lowest BCUT2D eigenvalue weighted by Crippen LogP contribution is -2.27. The summed E-state index contributed by atoms with van der Waals surface area (Å²) in [6.45, 7) is 2.36. The smallest absolute Gasteiger partial charge is 0.250 e. The van der Waals surface area contributed by atoms with Crippen LogP contribution in [0.1, 0.15) is 10.4 Å². The molecule has 0 amide bonds. The summed E-state index contributed by atoms with van der Waals surface area (Å²) < 4.78 is 32.0. The molecule has 0 saturated heterocycles. The minimum atomic E-state index is -3.57. The number of thiophene rings is 1. The molecule has 5 nitrogen and oxygen atoms in total. The van der Waals surface area contributed by atoms with Gasteiger partial charge in [-0.05, 0) is 36.8 Å². The lowest BCUT2D eigenvalue weighted by Gasteiger charge is -2.08. The van der Waals surface area contributed by atoms with Crippen LogP contribution in [0.5, 0.6) is 5.75 Å². The summed E-state index contributed by atoms with van der Waals surface area (Å²) >= 11 is 0.944. The first kappa shape index (κ1) is 15.5. The number of nitriles is 1. The highest BCUT2D eigenvalue weighted by atomic mass is 32.2. The van der Waals surface area contributed by atoms with Gasteiger partial charge in [0.25, 0.3) is 0 Å². The van der Waals surface area contributed by atoms with Gasteiger partial charge in [0, 0.05) is 6.54 Å². The highest BCUT2D eigenvalue weighted by Gasteiger charge is 2.16. The van der Waals surface area contributed by atoms with E-state index in [1.807, 2.05) is 37.3 Å². The van der Waals surface area contributed by atoms with Crippen molar-refractivity contribution >= 4 is 21.4 Å². The average molecular weight is 322 g/mol. The van der Waals surface area contributed by atoms with Crippen LogP contribution >= 0.6 is 11.3 Å². The normalized spacial score (nSPS) is 11.0. The summed E-state index contributed by atoms with van der Waals surface area (Å²) in [5, 5.41) is 8.70. The zero-order valence-electron chi connectivity index (χ0n) is 11.4. The second-order valence-electron chi connectivity index (χ2n) is 4.29. The number of hydrogen-bond donors (Lipinski definition) is 1. The first-order valence-corrected chi connectivity index (χ1v) is 8.50. The number of nitrogens with one attached hydrogen (secondary N) is 1. The van der Waals surface area contributed by atoms with Gasteiger partial charge in [0.2, 0.25) is 10.0 Å². The zero-order chi connectivity index (χ0) is 15.3. The molecule has 1 heterocycles. The largest absolute Gasteiger partial charge is 0.492 e. The van der Waals surface area contributed by atoms with Crippen LogP contribution in [0.15, 0.2) is 40.6 Å². The van der Waals surface area contributed by atoms with E-state index in [2.05, 4.69) is 4.72 Å². The van der Waals surface area contributed by atoms with Gasteiger partial charge in [-0.1, -0.05) is 12.1 Å². The van der Waals surface area contributed by atoms with Crippen molar-refractivity contribution in [1.29, 1.82) is 5.26 Å². The van der Waals surface area contributed by atoms with E-state index in [-0.39, 0.29) is 17.4 Å². The molecule has 2 aromatic rings. The van der Waals surface area contributed by atoms with Crippen LogP contribution in [0.4, 0.5) is 0 Å². The van der Waals surface area contributed by atoms with Crippen molar-refractivity contribution in [2.75, 3.05) is 13.2 Å². The number of benzene rings is 1. The predicted molar refractivity (Wildman–Crippen MR) is 80.9 cm³/mol. The second kappa shape index (κ2) is 6.72. The van der Waals surface area contributed by atoms with Crippen LogP contribution < -0.4 is 9.46 Å². The fourth-order valence-corrected chi connectivity index (χ4v) is 3.81. The Morgan fingerprint density at radius 2 is 2.14 bits per heavy atom. The van der Waals surface area contributed by atoms with Crippen LogP contribution in [-0.2, 0) is 10.0 Å². The molecule has 1 N–H and O–H groups in total. The fourth-order valence-electron chi connectivity index (χ4n) is 1.65. The minimum Gasteiger partial charge on any atom is -0.492 e. The van der Waals surface area contributed by atoms with E-state index in [1.165, 1.54) is 12.1 Å². The number of hydrogen-bond acceptors (Lipinski definition) is 5. The standard InChI is InChI=1S/C14H14N2O3S2/c1-11-3-2-4-12(9-11)19-8-7-16-21(17,18)14-6-5-13(10-15)20-14/h2-6,9,16H,7-8H2,1H3. The molecule has 0 aliphatic heterocycles. The van der Waals surface area contributed by atoms with Crippen molar-refractivity contribution in [3.05, 3.63) is 46.8 Å². The predicted octanol–water partition coefficient (Wildman–Crippen LogP) is 2.29. The Labute approximate surface area is 127 Å². The van der Waals surface area contributed by atoms with Crippen LogP contribution in [-0.4, -0.2) is 21.6 Å². The molecule has 0 unspecified atom stereocenters. The molecule has 0 atom stereocenters. The molecule has 21 heavy (non-hydrogen) atoms. The van der Waals surface area contributed by atoms with Gasteiger partial charge in [0.15, 0.2) is 0 Å². The molecule has 2 rings (SSSR count). The van der Waals surface area contributed by atoms with E-state index >= 15 is 0 Å². The van der Waals surface area contributed by atoms with Gasteiger partial charge in [0.05, 0.1) is 0 Å². The number of ether oxygens (including phenoxy) is 1. The molecule has 0 aliphatic rings. The minimum absolute atomic E-state index is 0.134. The third-order valence-corrected chi connectivity index (χ3v) is 5.55. The molecule has 1 aromatic heterocycles. The Morgan fingerprint density at radius 1 is 1.33 bits per heavy atom. The Balaban J connectivity index is 1.86. The summed E-state index contributed by atoms with van der Waals surface area (Å²) in [4.78, 5) is 0.367. The first-order chi connectivity index (χ1) is 10.0. The molecule has 0 aliphatic carbocycles. The molecule has 110 valence electrons. The third-order valence-electron chi connectivity index (χ3n) is 2.61. The van der Waals surface area contributed by atoms with Crippen molar-refractivity contribution in [1.82, 2.24) is 4.72 Å². The summed E-state index contributed by atoms with van der Waals surface area (Å²) in [6.07, 6.45) is 0. The van der Waals surface area contributed by atoms with Gasteiger partial charge in [-0.3, -0.25) is 0 Å². The van der Waals surface area contributed by atoms with E-state index in [4.69, 9.17) is 10.00 Å². The number of sulfonamides is 1. The molecule has 1 aromatic carbocycles. The van der Waals surface area contributed by atoms with Crippen molar-refractivity contribution in [3.63, 3.8) is 0 Å². The maximum absolute atomic E-state index is 12.0. The summed E-state index contributed by atoms with van der Waals surface area (Å²) in [5.74, 6) is 0.706. The lowest BCUT2D eigenvalue weighted by atomic mass is 10.2. The molecular formula is C14H14N2O3S2. The van der Waals surface area contributed by atoms with Crippen molar-refractivity contribution in [2.24, 2.45) is 0 Å². The van der Waals surface area contributed by atoms with E-state index in [0.29, 0.717) is 10.6 Å². The van der Waals surface area contributed by atoms with Crippen LogP contribution in [0.25, 0.3) is 0 Å². The maximum Gasteiger partial charge on any atom is 0.250 e. The van der Waals surface area contributed by atoms with Crippen LogP contribution in [0.2, 0.25) is 0 Å². The van der Waals surface area contributed by atoms with Gasteiger partial charge in [0.1, 0.15) is 27.5 Å². The Bertz CT molecular complexity index is 761. The second-order valence-corrected chi connectivity index (χ2v) is 7.37. The quantitative estimate of drug-likeness (QED) is 0.828. The Kier molecular flexibility index (Phi) is 4.96. The Hall–Kier alpha value is -1.88. The SMILES string of the molecule is Cc1cccc(OCCNS(=O)(=O)c2ccc(C#N)s2)c1. The average Bonchev–Trinajstić information content (AvgIpc) is 2.93. The van der Waals surface area contributed by atoms with E-state index in [1.54, 1.807) is 0 Å². The van der Waals surface area contributed by atoms with E-state index in [9.17, 15) is 8.42 Å². The zero-order valence-corrected chi connectivity index (χ0v) is 13.0.